The molecule has 1 aromatic rings. The highest BCUT2D eigenvalue weighted by Crippen LogP contribution is 2.07. The number of hydrogen-bond donors (Lipinski definition) is 4. The van der Waals surface area contributed by atoms with E-state index >= 15 is 0 Å². The molecule has 21 heavy (non-hydrogen) atoms. The number of carbonyl (C=O) groups is 2. The van der Waals surface area contributed by atoms with Crippen molar-refractivity contribution in [1.82, 2.24) is 5.32 Å². The van der Waals surface area contributed by atoms with Crippen LogP contribution in [0.4, 0.5) is 0 Å². The van der Waals surface area contributed by atoms with Crippen LogP contribution in [0.3, 0.4) is 0 Å². The number of nitriles is 1. The van der Waals surface area contributed by atoms with Gasteiger partial charge in [-0.1, -0.05) is 12.1 Å². The van der Waals surface area contributed by atoms with E-state index in [0.29, 0.717) is 11.1 Å². The fourth-order valence-electron chi connectivity index (χ4n) is 1.76. The first-order valence-electron chi connectivity index (χ1n) is 6.31. The van der Waals surface area contributed by atoms with Gasteiger partial charge in [-0.3, -0.25) is 4.79 Å². The molecule has 0 heterocycles. The Morgan fingerprint density at radius 1 is 1.48 bits per heavy atom. The molecule has 0 fully saturated rings. The largest absolute Gasteiger partial charge is 0.480 e. The highest BCUT2D eigenvalue weighted by Gasteiger charge is 2.27. The Bertz CT molecular complexity index is 566. The quantitative estimate of drug-likeness (QED) is 0.551. The Balaban J connectivity index is 2.70. The van der Waals surface area contributed by atoms with Crippen molar-refractivity contribution in [1.29, 1.82) is 5.26 Å². The van der Waals surface area contributed by atoms with Gasteiger partial charge in [-0.15, -0.1) is 0 Å². The summed E-state index contributed by atoms with van der Waals surface area (Å²) in [6.45, 7) is 1.26. The van der Waals surface area contributed by atoms with Gasteiger partial charge in [0.25, 0.3) is 0 Å². The van der Waals surface area contributed by atoms with Crippen LogP contribution >= 0.6 is 0 Å². The molecule has 0 unspecified atom stereocenters. The maximum atomic E-state index is 11.8. The van der Waals surface area contributed by atoms with Crippen LogP contribution in [0.2, 0.25) is 0 Å². The van der Waals surface area contributed by atoms with Crippen LogP contribution in [0.15, 0.2) is 24.3 Å². The lowest BCUT2D eigenvalue weighted by Crippen LogP contribution is -2.53. The number of aliphatic hydroxyl groups is 1. The minimum absolute atomic E-state index is 0.160. The lowest BCUT2D eigenvalue weighted by Gasteiger charge is -2.19. The number of nitrogens with zero attached hydrogens (tertiary/aromatic N) is 1. The topological polar surface area (TPSA) is 136 Å². The third-order valence-electron chi connectivity index (χ3n) is 2.89. The van der Waals surface area contributed by atoms with Crippen molar-refractivity contribution in [2.24, 2.45) is 5.73 Å². The van der Waals surface area contributed by atoms with Crippen LogP contribution in [0, 0.1) is 11.3 Å². The molecule has 0 aliphatic heterocycles. The van der Waals surface area contributed by atoms with E-state index in [2.05, 4.69) is 5.32 Å². The molecule has 0 saturated heterocycles. The standard InChI is InChI=1S/C14H17N3O4/c1-8(18)12(14(20)21)17-13(19)11(16)6-9-3-2-4-10(5-9)7-15/h2-5,8,11-12,18H,6,16H2,1H3,(H,17,19)(H,20,21)/t8-,11+,12+/m1/s1. The van der Waals surface area contributed by atoms with Crippen molar-refractivity contribution >= 4 is 11.9 Å². The fraction of sp³-hybridized carbons (Fsp3) is 0.357. The molecule has 1 amide bonds. The number of hydrogen-bond acceptors (Lipinski definition) is 5. The summed E-state index contributed by atoms with van der Waals surface area (Å²) in [7, 11) is 0. The summed E-state index contributed by atoms with van der Waals surface area (Å²) >= 11 is 0. The number of carboxylic acid groups (broad SMARTS) is 1. The molecule has 1 rings (SSSR count). The van der Waals surface area contributed by atoms with Gasteiger partial charge in [0, 0.05) is 0 Å². The zero-order valence-corrected chi connectivity index (χ0v) is 11.5. The van der Waals surface area contributed by atoms with Gasteiger partial charge in [0.1, 0.15) is 0 Å². The third kappa shape index (κ3) is 4.87. The lowest BCUT2D eigenvalue weighted by atomic mass is 10.0. The summed E-state index contributed by atoms with van der Waals surface area (Å²) in [4.78, 5) is 22.7. The number of aliphatic carboxylic acids is 1. The molecular weight excluding hydrogens is 274 g/mol. The first kappa shape index (κ1) is 16.6. The molecule has 3 atom stereocenters. The molecule has 5 N–H and O–H groups in total. The van der Waals surface area contributed by atoms with E-state index in [0.717, 1.165) is 0 Å². The number of carboxylic acids is 1. The first-order valence-corrected chi connectivity index (χ1v) is 6.31. The number of amides is 1. The van der Waals surface area contributed by atoms with E-state index < -0.39 is 30.1 Å². The summed E-state index contributed by atoms with van der Waals surface area (Å²) in [5.41, 5.74) is 6.87. The molecule has 7 nitrogen and oxygen atoms in total. The molecule has 0 aromatic heterocycles. The van der Waals surface area contributed by atoms with E-state index in [1.165, 1.54) is 6.92 Å². The second-order valence-electron chi connectivity index (χ2n) is 4.69. The second-order valence-corrected chi connectivity index (χ2v) is 4.69. The van der Waals surface area contributed by atoms with Crippen LogP contribution in [-0.4, -0.2) is 40.3 Å². The van der Waals surface area contributed by atoms with Gasteiger partial charge in [0.2, 0.25) is 5.91 Å². The molecule has 1 aromatic carbocycles. The normalized spacial score (nSPS) is 14.6. The van der Waals surface area contributed by atoms with Gasteiger partial charge < -0.3 is 21.3 Å². The third-order valence-corrected chi connectivity index (χ3v) is 2.89. The number of rotatable bonds is 6. The van der Waals surface area contributed by atoms with Gasteiger partial charge >= 0.3 is 5.97 Å². The van der Waals surface area contributed by atoms with Gasteiger partial charge in [0.15, 0.2) is 6.04 Å². The monoisotopic (exact) mass is 291 g/mol. The number of aliphatic hydroxyl groups excluding tert-OH is 1. The summed E-state index contributed by atoms with van der Waals surface area (Å²) in [5, 5.41) is 29.2. The number of nitrogens with one attached hydrogen (secondary N) is 1. The average Bonchev–Trinajstić information content (AvgIpc) is 2.43. The Kier molecular flexibility index (Phi) is 5.84. The smallest absolute Gasteiger partial charge is 0.328 e. The lowest BCUT2D eigenvalue weighted by molar-refractivity contribution is -0.144. The zero-order chi connectivity index (χ0) is 16.0. The molecule has 0 saturated carbocycles. The van der Waals surface area contributed by atoms with E-state index in [4.69, 9.17) is 16.1 Å². The van der Waals surface area contributed by atoms with Crippen LogP contribution in [-0.2, 0) is 16.0 Å². The molecule has 7 heteroatoms. The molecule has 0 radical (unpaired) electrons. The molecule has 0 bridgehead atoms. The summed E-state index contributed by atoms with van der Waals surface area (Å²) in [6, 6.07) is 6.23. The van der Waals surface area contributed by atoms with Gasteiger partial charge in [-0.25, -0.2) is 4.79 Å². The molecule has 0 aliphatic carbocycles. The van der Waals surface area contributed by atoms with Crippen LogP contribution in [0.5, 0.6) is 0 Å². The van der Waals surface area contributed by atoms with Crippen molar-refractivity contribution in [3.8, 4) is 6.07 Å². The Morgan fingerprint density at radius 3 is 2.67 bits per heavy atom. The van der Waals surface area contributed by atoms with E-state index in [9.17, 15) is 14.7 Å². The van der Waals surface area contributed by atoms with E-state index in [1.54, 1.807) is 24.3 Å². The van der Waals surface area contributed by atoms with E-state index in [-0.39, 0.29) is 6.42 Å². The maximum Gasteiger partial charge on any atom is 0.328 e. The highest BCUT2D eigenvalue weighted by molar-refractivity contribution is 5.87. The van der Waals surface area contributed by atoms with Crippen molar-refractivity contribution in [3.63, 3.8) is 0 Å². The van der Waals surface area contributed by atoms with Crippen molar-refractivity contribution < 1.29 is 19.8 Å². The van der Waals surface area contributed by atoms with Crippen molar-refractivity contribution in [3.05, 3.63) is 35.4 Å². The average molecular weight is 291 g/mol. The summed E-state index contributed by atoms with van der Waals surface area (Å²) in [6.07, 6.45) is -1.08. The van der Waals surface area contributed by atoms with Crippen molar-refractivity contribution in [2.75, 3.05) is 0 Å². The van der Waals surface area contributed by atoms with Crippen LogP contribution in [0.1, 0.15) is 18.1 Å². The first-order chi connectivity index (χ1) is 9.85. The Labute approximate surface area is 122 Å². The second kappa shape index (κ2) is 7.38. The van der Waals surface area contributed by atoms with Gasteiger partial charge in [-0.2, -0.15) is 5.26 Å². The van der Waals surface area contributed by atoms with Gasteiger partial charge in [-0.05, 0) is 31.0 Å². The minimum Gasteiger partial charge on any atom is -0.480 e. The maximum absolute atomic E-state index is 11.8. The highest BCUT2D eigenvalue weighted by atomic mass is 16.4. The summed E-state index contributed by atoms with van der Waals surface area (Å²) < 4.78 is 0. The van der Waals surface area contributed by atoms with E-state index in [1.807, 2.05) is 6.07 Å². The van der Waals surface area contributed by atoms with Crippen LogP contribution < -0.4 is 11.1 Å². The molecule has 0 aliphatic rings. The molecule has 112 valence electrons. The summed E-state index contributed by atoms with van der Waals surface area (Å²) in [5.74, 6) is -2.01. The minimum atomic E-state index is -1.41. The van der Waals surface area contributed by atoms with Crippen molar-refractivity contribution in [2.45, 2.75) is 31.5 Å². The predicted octanol–water partition coefficient (Wildman–Crippen LogP) is -0.622. The number of benzene rings is 1. The SMILES string of the molecule is C[C@@H](O)[C@H](NC(=O)[C@@H](N)Cc1cccc(C#N)c1)C(=O)O. The van der Waals surface area contributed by atoms with Gasteiger partial charge in [0.05, 0.1) is 23.8 Å². The number of carbonyl (C=O) groups excluding carboxylic acids is 1. The fourth-order valence-corrected chi connectivity index (χ4v) is 1.76. The number of nitrogens with two attached hydrogens (primary N) is 1. The molecular formula is C14H17N3O4. The Hall–Kier alpha value is -2.43. The predicted molar refractivity (Wildman–Crippen MR) is 74.1 cm³/mol. The zero-order valence-electron chi connectivity index (χ0n) is 11.5. The molecule has 0 spiro atoms. The van der Waals surface area contributed by atoms with Crippen LogP contribution in [0.25, 0.3) is 0 Å². The Morgan fingerprint density at radius 2 is 2.14 bits per heavy atom.